The molecule has 262 valence electrons. The molecule has 2 aliphatic rings. The van der Waals surface area contributed by atoms with Gasteiger partial charge < -0.3 is 14.1 Å². The Morgan fingerprint density at radius 1 is 0.509 bits per heavy atom. The smallest absolute Gasteiger partial charge is 0.0674 e. The topological polar surface area (TPSA) is 64.3 Å². The fourth-order valence-electron chi connectivity index (χ4n) is 9.93. The van der Waals surface area contributed by atoms with Crippen molar-refractivity contribution < 1.29 is 0 Å². The molecular weight excluding hydrogens is 673 g/mol. The third-order valence-corrected chi connectivity index (χ3v) is 12.4. The van der Waals surface area contributed by atoms with Crippen LogP contribution in [-0.2, 0) is 25.7 Å². The number of aromatic nitrogens is 6. The van der Waals surface area contributed by atoms with E-state index in [0.717, 1.165) is 48.3 Å². The second kappa shape index (κ2) is 11.4. The summed E-state index contributed by atoms with van der Waals surface area (Å²) in [6.45, 7) is 4.41. The van der Waals surface area contributed by atoms with Gasteiger partial charge in [0.05, 0.1) is 45.8 Å². The number of hydrogen-bond donors (Lipinski definition) is 1. The third kappa shape index (κ3) is 4.28. The van der Waals surface area contributed by atoms with Crippen molar-refractivity contribution in [1.82, 2.24) is 29.1 Å². The molecule has 6 heteroatoms. The molecule has 6 heterocycles. The SMILES string of the molecule is Cc1ccncc1-n1c2ccc(-c3cccnc3)cc2c2cc3c4c(c21)CCc1cc2c5cc(-c6ccc[nH]6)ccc5n(-c5cnccc5C)c2c(c1-4)CC3. The van der Waals surface area contributed by atoms with Gasteiger partial charge >= 0.3 is 0 Å². The summed E-state index contributed by atoms with van der Waals surface area (Å²) in [6.07, 6.45) is 17.6. The largest absolute Gasteiger partial charge is 0.361 e. The summed E-state index contributed by atoms with van der Waals surface area (Å²) in [5, 5.41) is 5.21. The minimum Gasteiger partial charge on any atom is -0.361 e. The van der Waals surface area contributed by atoms with Crippen LogP contribution in [0.4, 0.5) is 0 Å². The van der Waals surface area contributed by atoms with Gasteiger partial charge in [-0.1, -0.05) is 18.2 Å². The number of aryl methyl sites for hydroxylation is 6. The van der Waals surface area contributed by atoms with Gasteiger partial charge in [-0.25, -0.2) is 0 Å². The molecule has 2 aliphatic carbocycles. The van der Waals surface area contributed by atoms with E-state index < -0.39 is 0 Å². The normalized spacial score (nSPS) is 13.3. The molecule has 0 bridgehead atoms. The Hall–Kier alpha value is -6.79. The highest BCUT2D eigenvalue weighted by molar-refractivity contribution is 6.17. The number of rotatable bonds is 4. The van der Waals surface area contributed by atoms with Gasteiger partial charge in [0.25, 0.3) is 0 Å². The first kappa shape index (κ1) is 30.6. The van der Waals surface area contributed by atoms with Crippen molar-refractivity contribution in [2.75, 3.05) is 0 Å². The maximum absolute atomic E-state index is 4.66. The number of pyridine rings is 3. The molecule has 0 spiro atoms. The lowest BCUT2D eigenvalue weighted by molar-refractivity contribution is 0.882. The number of benzene rings is 4. The van der Waals surface area contributed by atoms with Crippen LogP contribution in [0.25, 0.3) is 88.5 Å². The van der Waals surface area contributed by atoms with Crippen LogP contribution in [0.5, 0.6) is 0 Å². The molecule has 0 radical (unpaired) electrons. The Morgan fingerprint density at radius 3 is 1.64 bits per heavy atom. The van der Waals surface area contributed by atoms with Gasteiger partial charge in [0.15, 0.2) is 0 Å². The summed E-state index contributed by atoms with van der Waals surface area (Å²) in [4.78, 5) is 17.2. The highest BCUT2D eigenvalue weighted by Crippen LogP contribution is 2.51. The van der Waals surface area contributed by atoms with Gasteiger partial charge in [0.1, 0.15) is 0 Å². The lowest BCUT2D eigenvalue weighted by atomic mass is 9.74. The summed E-state index contributed by atoms with van der Waals surface area (Å²) < 4.78 is 5.01. The minimum atomic E-state index is 0.983. The fourth-order valence-corrected chi connectivity index (χ4v) is 9.93. The lowest BCUT2D eigenvalue weighted by Gasteiger charge is -2.31. The summed E-state index contributed by atoms with van der Waals surface area (Å²) in [7, 11) is 0. The fraction of sp³-hybridized carbons (Fsp3) is 0.122. The Morgan fingerprint density at radius 2 is 1.09 bits per heavy atom. The highest BCUT2D eigenvalue weighted by atomic mass is 15.0. The molecule has 6 aromatic heterocycles. The molecular formula is C49H36N6. The van der Waals surface area contributed by atoms with Crippen LogP contribution < -0.4 is 0 Å². The van der Waals surface area contributed by atoms with E-state index in [4.69, 9.17) is 0 Å². The van der Waals surface area contributed by atoms with Crippen LogP contribution in [0, 0.1) is 13.8 Å². The first-order chi connectivity index (χ1) is 27.1. The first-order valence-corrected chi connectivity index (χ1v) is 19.2. The van der Waals surface area contributed by atoms with E-state index in [1.54, 1.807) is 0 Å². The van der Waals surface area contributed by atoms with E-state index in [-0.39, 0.29) is 0 Å². The standard InChI is InChI=1S/C49H36N6/c1-28-15-19-51-26-44(28)54-42-13-9-30(34-5-3-17-50-25-34)21-37(42)39-23-32-7-12-36-47-33(8-11-35(46(32)47)48(39)54)24-40-38-22-31(41-6-4-18-53-41)10-14-43(38)55(49(36)40)45-27-52-20-16-29(45)2/h3-6,9-10,13-27,53H,7-8,11-12H2,1-2H3. The number of H-pyrrole nitrogens is 1. The maximum atomic E-state index is 4.66. The maximum Gasteiger partial charge on any atom is 0.0674 e. The van der Waals surface area contributed by atoms with Crippen molar-refractivity contribution in [3.63, 3.8) is 0 Å². The average molecular weight is 709 g/mol. The molecule has 4 aromatic carbocycles. The Labute approximate surface area is 317 Å². The number of nitrogens with zero attached hydrogens (tertiary/aromatic N) is 5. The number of aromatic amines is 1. The van der Waals surface area contributed by atoms with E-state index >= 15 is 0 Å². The summed E-state index contributed by atoms with van der Waals surface area (Å²) in [6, 6.07) is 31.6. The monoisotopic (exact) mass is 708 g/mol. The van der Waals surface area contributed by atoms with E-state index in [1.807, 2.05) is 49.4 Å². The van der Waals surface area contributed by atoms with Crippen molar-refractivity contribution in [2.24, 2.45) is 0 Å². The first-order valence-electron chi connectivity index (χ1n) is 19.2. The Bertz CT molecular complexity index is 3220. The lowest BCUT2D eigenvalue weighted by Crippen LogP contribution is -2.16. The molecule has 12 rings (SSSR count). The van der Waals surface area contributed by atoms with E-state index in [9.17, 15) is 0 Å². The van der Waals surface area contributed by atoms with Crippen LogP contribution in [0.3, 0.4) is 0 Å². The molecule has 0 unspecified atom stereocenters. The van der Waals surface area contributed by atoms with Crippen LogP contribution in [0.15, 0.2) is 128 Å². The predicted molar refractivity (Wildman–Crippen MR) is 223 cm³/mol. The van der Waals surface area contributed by atoms with Crippen molar-refractivity contribution in [3.8, 4) is 44.9 Å². The molecule has 10 aromatic rings. The van der Waals surface area contributed by atoms with Gasteiger partial charge in [0, 0.05) is 63.8 Å². The number of nitrogens with one attached hydrogen (secondary N) is 1. The molecule has 0 saturated carbocycles. The van der Waals surface area contributed by atoms with Gasteiger partial charge in [0.2, 0.25) is 0 Å². The molecule has 0 fully saturated rings. The molecule has 0 amide bonds. The van der Waals surface area contributed by atoms with Crippen molar-refractivity contribution in [3.05, 3.63) is 162 Å². The van der Waals surface area contributed by atoms with Gasteiger partial charge in [-0.15, -0.1) is 0 Å². The second-order valence-corrected chi connectivity index (χ2v) is 15.4. The number of fused-ring (bicyclic) bond motifs is 8. The van der Waals surface area contributed by atoms with Crippen LogP contribution in [0.1, 0.15) is 33.4 Å². The molecule has 0 aliphatic heterocycles. The molecule has 55 heavy (non-hydrogen) atoms. The van der Waals surface area contributed by atoms with Gasteiger partial charge in [-0.2, -0.15) is 0 Å². The van der Waals surface area contributed by atoms with Crippen LogP contribution in [0.2, 0.25) is 0 Å². The van der Waals surface area contributed by atoms with E-state index in [0.29, 0.717) is 0 Å². The molecule has 0 atom stereocenters. The molecule has 6 nitrogen and oxygen atoms in total. The molecule has 0 saturated heterocycles. The quantitative estimate of drug-likeness (QED) is 0.198. The van der Waals surface area contributed by atoms with E-state index in [2.05, 4.69) is 122 Å². The Kier molecular flexibility index (Phi) is 6.33. The van der Waals surface area contributed by atoms with Crippen molar-refractivity contribution in [2.45, 2.75) is 39.5 Å². The van der Waals surface area contributed by atoms with Crippen molar-refractivity contribution in [1.29, 1.82) is 0 Å². The van der Waals surface area contributed by atoms with Gasteiger partial charge in [-0.05, 0) is 162 Å². The number of hydrogen-bond acceptors (Lipinski definition) is 3. The zero-order valence-corrected chi connectivity index (χ0v) is 30.7. The minimum absolute atomic E-state index is 0.983. The zero-order valence-electron chi connectivity index (χ0n) is 30.7. The highest BCUT2D eigenvalue weighted by Gasteiger charge is 2.33. The predicted octanol–water partition coefficient (Wildman–Crippen LogP) is 11.2. The van der Waals surface area contributed by atoms with E-state index in [1.165, 1.54) is 99.2 Å². The second-order valence-electron chi connectivity index (χ2n) is 15.4. The zero-order chi connectivity index (χ0) is 36.4. The summed E-state index contributed by atoms with van der Waals surface area (Å²) in [5.74, 6) is 0. The molecule has 1 N–H and O–H groups in total. The van der Waals surface area contributed by atoms with Crippen LogP contribution in [-0.4, -0.2) is 29.1 Å². The van der Waals surface area contributed by atoms with Crippen LogP contribution >= 0.6 is 0 Å². The summed E-state index contributed by atoms with van der Waals surface area (Å²) in [5.41, 5.74) is 23.1. The van der Waals surface area contributed by atoms with Gasteiger partial charge in [-0.3, -0.25) is 15.0 Å². The van der Waals surface area contributed by atoms with Crippen molar-refractivity contribution >= 4 is 43.6 Å². The Balaban J connectivity index is 1.19. The average Bonchev–Trinajstić information content (AvgIpc) is 3.96. The summed E-state index contributed by atoms with van der Waals surface area (Å²) >= 11 is 0. The third-order valence-electron chi connectivity index (χ3n) is 12.4.